The van der Waals surface area contributed by atoms with Gasteiger partial charge in [0.15, 0.2) is 6.10 Å². The van der Waals surface area contributed by atoms with Crippen LogP contribution in [-0.4, -0.2) is 37.2 Å². The van der Waals surface area contributed by atoms with E-state index in [0.717, 1.165) is 116 Å². The molecule has 0 saturated carbocycles. The Morgan fingerprint density at radius 2 is 0.556 bits per heavy atom. The van der Waals surface area contributed by atoms with Crippen molar-refractivity contribution in [2.45, 2.75) is 252 Å². The van der Waals surface area contributed by atoms with Crippen LogP contribution >= 0.6 is 0 Å². The summed E-state index contributed by atoms with van der Waals surface area (Å²) in [5, 5.41) is 0. The molecule has 0 aliphatic carbocycles. The van der Waals surface area contributed by atoms with E-state index in [9.17, 15) is 14.4 Å². The van der Waals surface area contributed by atoms with Crippen molar-refractivity contribution in [3.63, 3.8) is 0 Å². The van der Waals surface area contributed by atoms with Gasteiger partial charge in [-0.25, -0.2) is 0 Å². The van der Waals surface area contributed by atoms with Crippen LogP contribution in [0.25, 0.3) is 0 Å². The van der Waals surface area contributed by atoms with E-state index in [-0.39, 0.29) is 37.5 Å². The number of allylic oxidation sites excluding steroid dienone is 22. The van der Waals surface area contributed by atoms with Crippen molar-refractivity contribution in [2.75, 3.05) is 13.2 Å². The quantitative estimate of drug-likeness (QED) is 0.0261. The number of rotatable bonds is 51. The average Bonchev–Trinajstić information content (AvgIpc) is 3.38. The van der Waals surface area contributed by atoms with Crippen molar-refractivity contribution in [3.8, 4) is 0 Å². The van der Waals surface area contributed by atoms with Gasteiger partial charge in [0.05, 0.1) is 0 Å². The normalized spacial score (nSPS) is 13.1. The van der Waals surface area contributed by atoms with Gasteiger partial charge in [0.25, 0.3) is 0 Å². The SMILES string of the molecule is CC/C=C\C/C=C\C/C=C\C/C=C\C/C=C\C/C=C\CCCCCCCCCCCCCCC(=O)OCC(COC(=O)CCCCCCCC)OC(=O)CCC/C=C\C/C=C\C/C=C\C/C=C\C/C=C\CC. The van der Waals surface area contributed by atoms with Crippen molar-refractivity contribution >= 4 is 17.9 Å². The highest BCUT2D eigenvalue weighted by Gasteiger charge is 2.19. The van der Waals surface area contributed by atoms with E-state index in [1.165, 1.54) is 83.5 Å². The lowest BCUT2D eigenvalue weighted by atomic mass is 10.0. The molecule has 1 unspecified atom stereocenters. The fraction of sp³-hybridized carbons (Fsp3) is 0.621. The van der Waals surface area contributed by atoms with Crippen LogP contribution in [0.15, 0.2) is 134 Å². The minimum atomic E-state index is -0.808. The lowest BCUT2D eigenvalue weighted by Crippen LogP contribution is -2.30. The zero-order chi connectivity index (χ0) is 52.2. The maximum Gasteiger partial charge on any atom is 0.306 e. The Morgan fingerprint density at radius 1 is 0.292 bits per heavy atom. The van der Waals surface area contributed by atoms with Crippen LogP contribution in [0.4, 0.5) is 0 Å². The molecule has 0 spiro atoms. The van der Waals surface area contributed by atoms with Crippen molar-refractivity contribution in [2.24, 2.45) is 0 Å². The predicted octanol–water partition coefficient (Wildman–Crippen LogP) is 19.8. The van der Waals surface area contributed by atoms with Gasteiger partial charge >= 0.3 is 17.9 Å². The Bertz CT molecular complexity index is 1560. The van der Waals surface area contributed by atoms with Gasteiger partial charge in [-0.05, 0) is 109 Å². The van der Waals surface area contributed by atoms with Gasteiger partial charge in [-0.15, -0.1) is 0 Å². The minimum Gasteiger partial charge on any atom is -0.462 e. The van der Waals surface area contributed by atoms with Gasteiger partial charge in [-0.2, -0.15) is 0 Å². The van der Waals surface area contributed by atoms with Crippen LogP contribution in [0.2, 0.25) is 0 Å². The molecule has 0 amide bonds. The van der Waals surface area contributed by atoms with Crippen molar-refractivity contribution < 1.29 is 28.6 Å². The summed E-state index contributed by atoms with van der Waals surface area (Å²) in [6.45, 7) is 6.29. The molecule has 6 nitrogen and oxygen atoms in total. The van der Waals surface area contributed by atoms with Crippen LogP contribution in [0.5, 0.6) is 0 Å². The smallest absolute Gasteiger partial charge is 0.306 e. The van der Waals surface area contributed by atoms with Gasteiger partial charge in [0.2, 0.25) is 0 Å². The topological polar surface area (TPSA) is 78.9 Å². The number of ether oxygens (including phenoxy) is 3. The van der Waals surface area contributed by atoms with E-state index >= 15 is 0 Å². The van der Waals surface area contributed by atoms with Crippen LogP contribution in [-0.2, 0) is 28.6 Å². The fourth-order valence-corrected chi connectivity index (χ4v) is 7.60. The van der Waals surface area contributed by atoms with Gasteiger partial charge in [-0.3, -0.25) is 14.4 Å². The van der Waals surface area contributed by atoms with E-state index in [1.807, 2.05) is 0 Å². The first-order valence-corrected chi connectivity index (χ1v) is 29.2. The molecule has 0 bridgehead atoms. The fourth-order valence-electron chi connectivity index (χ4n) is 7.60. The lowest BCUT2D eigenvalue weighted by Gasteiger charge is -2.18. The molecule has 0 aromatic rings. The summed E-state index contributed by atoms with van der Waals surface area (Å²) in [6.07, 6.45) is 83.5. The number of esters is 3. The molecule has 0 aromatic heterocycles. The van der Waals surface area contributed by atoms with Gasteiger partial charge < -0.3 is 14.2 Å². The summed E-state index contributed by atoms with van der Waals surface area (Å²) in [4.78, 5) is 37.8. The summed E-state index contributed by atoms with van der Waals surface area (Å²) in [5.41, 5.74) is 0. The van der Waals surface area contributed by atoms with Crippen molar-refractivity contribution in [1.82, 2.24) is 0 Å². The Hall–Kier alpha value is -4.45. The number of carbonyl (C=O) groups excluding carboxylic acids is 3. The highest BCUT2D eigenvalue weighted by molar-refractivity contribution is 5.71. The zero-order valence-corrected chi connectivity index (χ0v) is 46.4. The van der Waals surface area contributed by atoms with E-state index in [1.54, 1.807) is 0 Å². The molecule has 0 fully saturated rings. The maximum absolute atomic E-state index is 12.8. The summed E-state index contributed by atoms with van der Waals surface area (Å²) in [5.74, 6) is -0.979. The molecule has 0 aliphatic heterocycles. The molecular weight excluding hydrogens is 889 g/mol. The molecule has 0 heterocycles. The predicted molar refractivity (Wildman–Crippen MR) is 311 cm³/mol. The Morgan fingerprint density at radius 3 is 0.889 bits per heavy atom. The maximum atomic E-state index is 12.8. The summed E-state index contributed by atoms with van der Waals surface area (Å²) in [7, 11) is 0. The van der Waals surface area contributed by atoms with Crippen LogP contribution in [0.1, 0.15) is 245 Å². The van der Waals surface area contributed by atoms with E-state index < -0.39 is 6.10 Å². The largest absolute Gasteiger partial charge is 0.462 e. The molecular formula is C66H106O6. The Balaban J connectivity index is 4.15. The molecule has 406 valence electrons. The first-order valence-electron chi connectivity index (χ1n) is 29.2. The lowest BCUT2D eigenvalue weighted by molar-refractivity contribution is -0.167. The second kappa shape index (κ2) is 59.1. The van der Waals surface area contributed by atoms with Gasteiger partial charge in [0, 0.05) is 19.3 Å². The highest BCUT2D eigenvalue weighted by Crippen LogP contribution is 2.15. The second-order valence-electron chi connectivity index (χ2n) is 18.8. The molecule has 0 aromatic carbocycles. The minimum absolute atomic E-state index is 0.104. The summed E-state index contributed by atoms with van der Waals surface area (Å²) >= 11 is 0. The third-order valence-corrected chi connectivity index (χ3v) is 11.9. The summed E-state index contributed by atoms with van der Waals surface area (Å²) in [6, 6.07) is 0. The molecule has 1 atom stereocenters. The Labute approximate surface area is 443 Å². The average molecular weight is 996 g/mol. The molecule has 72 heavy (non-hydrogen) atoms. The molecule has 6 heteroatoms. The second-order valence-corrected chi connectivity index (χ2v) is 18.8. The molecule has 0 aliphatic rings. The van der Waals surface area contributed by atoms with E-state index in [4.69, 9.17) is 14.2 Å². The number of hydrogen-bond acceptors (Lipinski definition) is 6. The van der Waals surface area contributed by atoms with E-state index in [0.29, 0.717) is 19.3 Å². The monoisotopic (exact) mass is 995 g/mol. The molecule has 0 radical (unpaired) electrons. The number of carbonyl (C=O) groups is 3. The van der Waals surface area contributed by atoms with Crippen LogP contribution < -0.4 is 0 Å². The molecule has 0 rings (SSSR count). The van der Waals surface area contributed by atoms with Crippen molar-refractivity contribution in [1.29, 1.82) is 0 Å². The third kappa shape index (κ3) is 56.5. The standard InChI is InChI=1S/C66H106O6/c1-4-7-10-13-16-18-20-22-24-26-27-28-29-30-31-32-33-34-35-36-37-38-39-41-42-44-46-48-50-53-56-59-65(68)71-62-63(61-70-64(67)58-55-52-15-12-9-6-3)72-66(69)60-57-54-51-49-47-45-43-40-25-23-21-19-17-14-11-8-5-2/h7-8,10-11,16-19,22-25,27-28,30-31,33-34,43,45,49,51,63H,4-6,9,12-15,20-21,26,29,32,35-42,44,46-48,50,52-62H2,1-3H3/b10-7-,11-8-,18-16-,19-17-,24-22-,25-23-,28-27-,31-30-,34-33-,45-43-,51-49-. The highest BCUT2D eigenvalue weighted by atomic mass is 16.6. The van der Waals surface area contributed by atoms with Crippen LogP contribution in [0, 0.1) is 0 Å². The molecule has 0 saturated heterocycles. The first-order chi connectivity index (χ1) is 35.5. The van der Waals surface area contributed by atoms with Crippen LogP contribution in [0.3, 0.4) is 0 Å². The molecule has 0 N–H and O–H groups in total. The Kier molecular flexibility index (Phi) is 55.5. The van der Waals surface area contributed by atoms with Gasteiger partial charge in [0.1, 0.15) is 13.2 Å². The third-order valence-electron chi connectivity index (χ3n) is 11.9. The number of hydrogen-bond donors (Lipinski definition) is 0. The first kappa shape index (κ1) is 67.5. The van der Waals surface area contributed by atoms with Gasteiger partial charge in [-0.1, -0.05) is 251 Å². The zero-order valence-electron chi connectivity index (χ0n) is 46.4. The number of unbranched alkanes of at least 4 members (excludes halogenated alkanes) is 18. The summed E-state index contributed by atoms with van der Waals surface area (Å²) < 4.78 is 16.7. The van der Waals surface area contributed by atoms with Crippen molar-refractivity contribution in [3.05, 3.63) is 134 Å². The van der Waals surface area contributed by atoms with E-state index in [2.05, 4.69) is 154 Å².